The van der Waals surface area contributed by atoms with Crippen molar-refractivity contribution >= 4 is 35.8 Å². The van der Waals surface area contributed by atoms with Crippen LogP contribution in [-0.2, 0) is 11.2 Å². The Balaban J connectivity index is 0.00000364. The summed E-state index contributed by atoms with van der Waals surface area (Å²) in [6.45, 7) is 6.78. The Labute approximate surface area is 181 Å². The molecule has 0 saturated carbocycles. The van der Waals surface area contributed by atoms with Crippen molar-refractivity contribution in [3.8, 4) is 0 Å². The lowest BCUT2D eigenvalue weighted by Crippen LogP contribution is -2.46. The highest BCUT2D eigenvalue weighted by molar-refractivity contribution is 14.0. The molecular formula is C21H35IN4O. The van der Waals surface area contributed by atoms with Crippen molar-refractivity contribution in [3.63, 3.8) is 0 Å². The highest BCUT2D eigenvalue weighted by Gasteiger charge is 2.21. The van der Waals surface area contributed by atoms with Crippen LogP contribution in [0.5, 0.6) is 0 Å². The second-order valence-corrected chi connectivity index (χ2v) is 7.22. The number of likely N-dealkylation sites (tertiary alicyclic amines) is 1. The number of halogens is 1. The Morgan fingerprint density at radius 1 is 1.26 bits per heavy atom. The van der Waals surface area contributed by atoms with Gasteiger partial charge in [0.2, 0.25) is 5.91 Å². The number of nitrogens with one attached hydrogen (secondary N) is 2. The van der Waals surface area contributed by atoms with Crippen molar-refractivity contribution in [2.45, 2.75) is 52.0 Å². The standard InChI is InChI=1S/C21H34N4O.HI/c1-4-17(2)24-20(26)10-13-23-21(22-3)25-14-11-19(12-15-25)16-18-8-6-5-7-9-18;/h5-9,17,19H,4,10-16H2,1-3H3,(H,22,23)(H,24,26);1H. The first-order valence-electron chi connectivity index (χ1n) is 9.91. The van der Waals surface area contributed by atoms with Gasteiger partial charge in [-0.05, 0) is 44.1 Å². The first kappa shape index (κ1) is 23.7. The fraction of sp³-hybridized carbons (Fsp3) is 0.619. The van der Waals surface area contributed by atoms with Gasteiger partial charge in [0, 0.05) is 39.1 Å². The van der Waals surface area contributed by atoms with E-state index in [1.54, 1.807) is 0 Å². The molecule has 2 N–H and O–H groups in total. The van der Waals surface area contributed by atoms with E-state index in [1.807, 2.05) is 14.0 Å². The molecule has 1 amide bonds. The molecule has 0 aromatic heterocycles. The average molecular weight is 486 g/mol. The average Bonchev–Trinajstić information content (AvgIpc) is 2.67. The van der Waals surface area contributed by atoms with Gasteiger partial charge >= 0.3 is 0 Å². The maximum absolute atomic E-state index is 11.9. The monoisotopic (exact) mass is 486 g/mol. The molecular weight excluding hydrogens is 451 g/mol. The molecule has 0 aliphatic carbocycles. The summed E-state index contributed by atoms with van der Waals surface area (Å²) in [7, 11) is 1.82. The van der Waals surface area contributed by atoms with E-state index >= 15 is 0 Å². The fourth-order valence-electron chi connectivity index (χ4n) is 3.37. The first-order chi connectivity index (χ1) is 12.6. The van der Waals surface area contributed by atoms with Gasteiger partial charge in [-0.15, -0.1) is 24.0 Å². The summed E-state index contributed by atoms with van der Waals surface area (Å²) in [5.74, 6) is 1.76. The highest BCUT2D eigenvalue weighted by atomic mass is 127. The van der Waals surface area contributed by atoms with Gasteiger partial charge in [-0.25, -0.2) is 0 Å². The highest BCUT2D eigenvalue weighted by Crippen LogP contribution is 2.21. The smallest absolute Gasteiger partial charge is 0.221 e. The quantitative estimate of drug-likeness (QED) is 0.353. The molecule has 1 unspecified atom stereocenters. The molecule has 1 saturated heterocycles. The minimum atomic E-state index is 0. The van der Waals surface area contributed by atoms with Crippen LogP contribution in [0.1, 0.15) is 45.1 Å². The number of piperidine rings is 1. The van der Waals surface area contributed by atoms with Crippen LogP contribution in [0, 0.1) is 5.92 Å². The normalized spacial score (nSPS) is 16.4. The molecule has 0 radical (unpaired) electrons. The lowest BCUT2D eigenvalue weighted by Gasteiger charge is -2.34. The molecule has 1 aliphatic rings. The number of hydrogen-bond acceptors (Lipinski definition) is 2. The predicted octanol–water partition coefficient (Wildman–Crippen LogP) is 3.44. The third-order valence-corrected chi connectivity index (χ3v) is 5.15. The SMILES string of the molecule is CCC(C)NC(=O)CCNC(=NC)N1CCC(Cc2ccccc2)CC1.I. The number of benzene rings is 1. The van der Waals surface area contributed by atoms with E-state index in [1.165, 1.54) is 18.4 Å². The molecule has 6 heteroatoms. The summed E-state index contributed by atoms with van der Waals surface area (Å²) < 4.78 is 0. The van der Waals surface area contributed by atoms with Crippen LogP contribution >= 0.6 is 24.0 Å². The molecule has 152 valence electrons. The predicted molar refractivity (Wildman–Crippen MR) is 124 cm³/mol. The number of aliphatic imine (C=N–C) groups is 1. The number of hydrogen-bond donors (Lipinski definition) is 2. The molecule has 0 bridgehead atoms. The fourth-order valence-corrected chi connectivity index (χ4v) is 3.37. The second-order valence-electron chi connectivity index (χ2n) is 7.22. The maximum Gasteiger partial charge on any atom is 0.221 e. The number of nitrogens with zero attached hydrogens (tertiary/aromatic N) is 2. The summed E-state index contributed by atoms with van der Waals surface area (Å²) in [6.07, 6.45) is 4.97. The van der Waals surface area contributed by atoms with E-state index in [0.717, 1.165) is 37.8 Å². The van der Waals surface area contributed by atoms with Crippen molar-refractivity contribution in [3.05, 3.63) is 35.9 Å². The minimum absolute atomic E-state index is 0. The van der Waals surface area contributed by atoms with Crippen molar-refractivity contribution in [1.29, 1.82) is 0 Å². The molecule has 0 spiro atoms. The zero-order chi connectivity index (χ0) is 18.8. The molecule has 1 fully saturated rings. The Morgan fingerprint density at radius 2 is 1.93 bits per heavy atom. The van der Waals surface area contributed by atoms with Gasteiger partial charge in [0.05, 0.1) is 0 Å². The molecule has 2 rings (SSSR count). The molecule has 1 heterocycles. The Bertz CT molecular complexity index is 571. The van der Waals surface area contributed by atoms with Crippen molar-refractivity contribution < 1.29 is 4.79 Å². The van der Waals surface area contributed by atoms with Crippen LogP contribution in [0.25, 0.3) is 0 Å². The van der Waals surface area contributed by atoms with Crippen LogP contribution in [0.15, 0.2) is 35.3 Å². The van der Waals surface area contributed by atoms with Gasteiger partial charge in [0.25, 0.3) is 0 Å². The molecule has 1 aromatic rings. The summed E-state index contributed by atoms with van der Waals surface area (Å²) in [4.78, 5) is 18.6. The summed E-state index contributed by atoms with van der Waals surface area (Å²) in [5, 5.41) is 6.34. The summed E-state index contributed by atoms with van der Waals surface area (Å²) in [6, 6.07) is 11.0. The van der Waals surface area contributed by atoms with Gasteiger partial charge in [0.15, 0.2) is 5.96 Å². The van der Waals surface area contributed by atoms with Crippen LogP contribution < -0.4 is 10.6 Å². The van der Waals surface area contributed by atoms with Crippen molar-refractivity contribution in [2.75, 3.05) is 26.7 Å². The number of guanidine groups is 1. The molecule has 1 aliphatic heterocycles. The van der Waals surface area contributed by atoms with Crippen molar-refractivity contribution in [1.82, 2.24) is 15.5 Å². The molecule has 27 heavy (non-hydrogen) atoms. The largest absolute Gasteiger partial charge is 0.356 e. The Kier molecular flexibility index (Phi) is 11.4. The Morgan fingerprint density at radius 3 is 2.52 bits per heavy atom. The zero-order valence-corrected chi connectivity index (χ0v) is 19.2. The second kappa shape index (κ2) is 13.0. The summed E-state index contributed by atoms with van der Waals surface area (Å²) >= 11 is 0. The third-order valence-electron chi connectivity index (χ3n) is 5.15. The van der Waals surface area contributed by atoms with E-state index in [2.05, 4.69) is 57.8 Å². The first-order valence-corrected chi connectivity index (χ1v) is 9.91. The Hall–Kier alpha value is -1.31. The van der Waals surface area contributed by atoms with Gasteiger partial charge in [0.1, 0.15) is 0 Å². The topological polar surface area (TPSA) is 56.7 Å². The third kappa shape index (κ3) is 8.49. The van der Waals surface area contributed by atoms with E-state index in [4.69, 9.17) is 0 Å². The van der Waals surface area contributed by atoms with Crippen molar-refractivity contribution in [2.24, 2.45) is 10.9 Å². The van der Waals surface area contributed by atoms with Gasteiger partial charge in [-0.1, -0.05) is 37.3 Å². The van der Waals surface area contributed by atoms with Crippen LogP contribution in [0.2, 0.25) is 0 Å². The lowest BCUT2D eigenvalue weighted by molar-refractivity contribution is -0.121. The van der Waals surface area contributed by atoms with Gasteiger partial charge in [-0.2, -0.15) is 0 Å². The molecule has 5 nitrogen and oxygen atoms in total. The molecule has 1 atom stereocenters. The van der Waals surface area contributed by atoms with Crippen LogP contribution in [0.3, 0.4) is 0 Å². The van der Waals surface area contributed by atoms with Crippen LogP contribution in [-0.4, -0.2) is 49.5 Å². The van der Waals surface area contributed by atoms with E-state index < -0.39 is 0 Å². The zero-order valence-electron chi connectivity index (χ0n) is 16.9. The number of carbonyl (C=O) groups excluding carboxylic acids is 1. The number of rotatable bonds is 7. The van der Waals surface area contributed by atoms with E-state index in [0.29, 0.717) is 13.0 Å². The summed E-state index contributed by atoms with van der Waals surface area (Å²) in [5.41, 5.74) is 1.43. The molecule has 1 aromatic carbocycles. The lowest BCUT2D eigenvalue weighted by atomic mass is 9.90. The maximum atomic E-state index is 11.9. The number of carbonyl (C=O) groups is 1. The minimum Gasteiger partial charge on any atom is -0.356 e. The van der Waals surface area contributed by atoms with Gasteiger partial charge in [-0.3, -0.25) is 9.79 Å². The van der Waals surface area contributed by atoms with Gasteiger partial charge < -0.3 is 15.5 Å². The van der Waals surface area contributed by atoms with E-state index in [9.17, 15) is 4.79 Å². The van der Waals surface area contributed by atoms with E-state index in [-0.39, 0.29) is 35.9 Å². The van der Waals surface area contributed by atoms with Crippen LogP contribution in [0.4, 0.5) is 0 Å². The number of amides is 1.